The Kier molecular flexibility index (Phi) is 8.40. The Morgan fingerprint density at radius 2 is 1.33 bits per heavy atom. The third-order valence-corrected chi connectivity index (χ3v) is 14.3. The maximum Gasteiger partial charge on any atom is -0.147 e. The molecule has 0 fully saturated rings. The van der Waals surface area contributed by atoms with Gasteiger partial charge in [0.2, 0.25) is 0 Å². The van der Waals surface area contributed by atoms with Crippen molar-refractivity contribution in [2.24, 2.45) is 0 Å². The number of rotatable bonds is 3. The summed E-state index contributed by atoms with van der Waals surface area (Å²) in [5, 5.41) is 4.91. The van der Waals surface area contributed by atoms with Gasteiger partial charge in [0, 0.05) is 0 Å². The van der Waals surface area contributed by atoms with E-state index in [9.17, 15) is 0 Å². The number of halogens is 2. The van der Waals surface area contributed by atoms with Crippen LogP contribution in [0.5, 0.6) is 5.75 Å². The molecule has 1 aliphatic rings. The van der Waals surface area contributed by atoms with Gasteiger partial charge in [-0.15, -0.1) is 24.8 Å². The second-order valence-electron chi connectivity index (χ2n) is 11.1. The van der Waals surface area contributed by atoms with Crippen LogP contribution in [-0.4, -0.2) is 8.11 Å². The first-order chi connectivity index (χ1) is 11.1. The minimum Gasteiger partial charge on any atom is -0.147 e. The summed E-state index contributed by atoms with van der Waals surface area (Å²) in [4.78, 5) is 0. The van der Waals surface area contributed by atoms with E-state index in [0.717, 1.165) is 20.3 Å². The molecule has 0 bridgehead atoms. The molecule has 2 rings (SSSR count). The summed E-state index contributed by atoms with van der Waals surface area (Å²) in [7, 11) is 1.12. The Labute approximate surface area is 183 Å². The molecule has 155 valence electrons. The molecule has 1 nitrogen and oxygen atoms in total. The summed E-state index contributed by atoms with van der Waals surface area (Å²) in [6.07, 6.45) is 5.66. The number of hydrogen-bond donors (Lipinski definition) is 0. The first kappa shape index (κ1) is 27.0. The average Bonchev–Trinajstić information content (AvgIpc) is 2.82. The fourth-order valence-corrected chi connectivity index (χ4v) is 12.2. The van der Waals surface area contributed by atoms with E-state index in [1.54, 1.807) is 3.88 Å². The Balaban J connectivity index is 0.00000338. The Morgan fingerprint density at radius 3 is 1.67 bits per heavy atom. The molecule has 0 atom stereocenters. The smallest absolute Gasteiger partial charge is 0.147 e. The molecule has 0 heterocycles. The van der Waals surface area contributed by atoms with Crippen LogP contribution in [0.3, 0.4) is 0 Å². The standard InChI is InChI=1S/C14H22O.C6H7.2CH3.2ClH.H3Si.Ti/c1-13(2,3)10-7-11(14(4,5)6)9-12(15)8-10;1-6-4-2-3-5-6;;;;;;/h7-9,15H,1-6H3;2,4H,3H2,1H3;2*1H3;2*1H;1H3;/q;;;;;;;+1/p-1. The van der Waals surface area contributed by atoms with Crippen molar-refractivity contribution in [3.63, 3.8) is 0 Å². The fraction of sp³-hybridized carbons (Fsp3) is 0.545. The first-order valence-electron chi connectivity index (χ1n) is 9.52. The van der Waals surface area contributed by atoms with Gasteiger partial charge in [-0.2, -0.15) is 0 Å². The second-order valence-corrected chi connectivity index (χ2v) is 33.6. The molecule has 1 aromatic rings. The molecule has 0 aromatic heterocycles. The summed E-state index contributed by atoms with van der Waals surface area (Å²) in [5.74, 6) is 1.08. The van der Waals surface area contributed by atoms with Crippen molar-refractivity contribution < 1.29 is 18.3 Å². The largest absolute Gasteiger partial charge is 0.147 e. The van der Waals surface area contributed by atoms with Crippen molar-refractivity contribution in [3.05, 3.63) is 50.9 Å². The van der Waals surface area contributed by atoms with Gasteiger partial charge in [-0.3, -0.25) is 0 Å². The third-order valence-electron chi connectivity index (χ3n) is 5.31. The monoisotopic (exact) mass is 465 g/mol. The summed E-state index contributed by atoms with van der Waals surface area (Å²) in [5.41, 5.74) is 4.43. The normalized spacial score (nSPS) is 16.4. The van der Waals surface area contributed by atoms with E-state index in [0.29, 0.717) is 0 Å². The van der Waals surface area contributed by atoms with E-state index in [1.165, 1.54) is 16.7 Å². The van der Waals surface area contributed by atoms with Gasteiger partial charge >= 0.3 is 159 Å². The topological polar surface area (TPSA) is 9.23 Å². The van der Waals surface area contributed by atoms with E-state index < -0.39 is 14.9 Å². The van der Waals surface area contributed by atoms with Crippen LogP contribution in [0.15, 0.2) is 39.8 Å². The predicted octanol–water partition coefficient (Wildman–Crippen LogP) is 6.72. The Hall–Kier alpha value is 0.0112. The summed E-state index contributed by atoms with van der Waals surface area (Å²) in [6, 6.07) is 6.96. The minimum absolute atomic E-state index is 0. The van der Waals surface area contributed by atoms with Gasteiger partial charge in [0.15, 0.2) is 0 Å². The van der Waals surface area contributed by atoms with Crippen LogP contribution in [-0.2, 0) is 25.8 Å². The van der Waals surface area contributed by atoms with Crippen LogP contribution in [0.2, 0.25) is 10.5 Å². The van der Waals surface area contributed by atoms with Crippen LogP contribution < -0.4 is 3.32 Å². The maximum absolute atomic E-state index is 6.97. The molecule has 0 saturated carbocycles. The fourth-order valence-electron chi connectivity index (χ4n) is 3.63. The quantitative estimate of drug-likeness (QED) is 0.450. The average molecular weight is 466 g/mol. The van der Waals surface area contributed by atoms with Crippen molar-refractivity contribution in [1.82, 2.24) is 0 Å². The van der Waals surface area contributed by atoms with Crippen molar-refractivity contribution in [1.29, 1.82) is 0 Å². The molecule has 0 radical (unpaired) electrons. The van der Waals surface area contributed by atoms with Gasteiger partial charge in [-0.1, -0.05) is 0 Å². The Bertz CT molecular complexity index is 712. The van der Waals surface area contributed by atoms with Crippen LogP contribution in [0.4, 0.5) is 0 Å². The zero-order chi connectivity index (χ0) is 19.3. The van der Waals surface area contributed by atoms with E-state index in [1.807, 2.05) is 0 Å². The third kappa shape index (κ3) is 6.51. The van der Waals surface area contributed by atoms with Gasteiger partial charge in [0.05, 0.1) is 0 Å². The van der Waals surface area contributed by atoms with Crippen LogP contribution in [0, 0.1) is 0 Å². The van der Waals surface area contributed by atoms with Gasteiger partial charge in [-0.25, -0.2) is 0 Å². The number of benzene rings is 1. The van der Waals surface area contributed by atoms with Crippen LogP contribution >= 0.6 is 24.8 Å². The zero-order valence-corrected chi connectivity index (χ0v) is 24.0. The minimum atomic E-state index is -3.05. The maximum atomic E-state index is 6.97. The van der Waals surface area contributed by atoms with Gasteiger partial charge < -0.3 is 0 Å². The van der Waals surface area contributed by atoms with Crippen LogP contribution in [0.1, 0.15) is 66.0 Å². The van der Waals surface area contributed by atoms with E-state index >= 15 is 0 Å². The molecule has 0 aliphatic heterocycles. The van der Waals surface area contributed by atoms with Crippen molar-refractivity contribution >= 4 is 32.9 Å². The summed E-state index contributed by atoms with van der Waals surface area (Å²) in [6.45, 7) is 16.0. The molecule has 0 unspecified atom stereocenters. The van der Waals surface area contributed by atoms with E-state index in [-0.39, 0.29) is 35.6 Å². The molecule has 0 saturated heterocycles. The molecule has 1 aromatic carbocycles. The zero-order valence-electron chi connectivity index (χ0n) is 18.8. The summed E-state index contributed by atoms with van der Waals surface area (Å²) >= 11 is -3.05. The number of hydrogen-bond acceptors (Lipinski definition) is 1. The van der Waals surface area contributed by atoms with E-state index in [4.69, 9.17) is 3.32 Å². The predicted molar refractivity (Wildman–Crippen MR) is 127 cm³/mol. The molecule has 1 aliphatic carbocycles. The summed E-state index contributed by atoms with van der Waals surface area (Å²) < 4.78 is 8.58. The SMILES string of the molecule is CC1=[C]([Ti]([CH3])([CH3])([SiH3])[O]c2cc(C(C)(C)C)cc(C(C)(C)C)c2)CC=C1.Cl.Cl. The molecular weight excluding hydrogens is 427 g/mol. The molecule has 0 N–H and O–H groups in total. The second kappa shape index (κ2) is 8.40. The molecular formula is C22H39Cl2OSiTi. The van der Waals surface area contributed by atoms with Gasteiger partial charge in [0.1, 0.15) is 0 Å². The van der Waals surface area contributed by atoms with Crippen molar-refractivity contribution in [2.75, 3.05) is 0 Å². The molecule has 0 spiro atoms. The molecule has 27 heavy (non-hydrogen) atoms. The molecule has 5 heteroatoms. The number of allylic oxidation sites excluding steroid dienone is 4. The van der Waals surface area contributed by atoms with Crippen LogP contribution in [0.25, 0.3) is 0 Å². The van der Waals surface area contributed by atoms with Gasteiger partial charge in [-0.05, 0) is 0 Å². The molecule has 0 amide bonds. The van der Waals surface area contributed by atoms with Crippen molar-refractivity contribution in [3.8, 4) is 5.75 Å². The van der Waals surface area contributed by atoms with E-state index in [2.05, 4.69) is 89.3 Å². The Morgan fingerprint density at radius 1 is 0.889 bits per heavy atom. The first-order valence-corrected chi connectivity index (χ1v) is 19.8. The van der Waals surface area contributed by atoms with Gasteiger partial charge in [0.25, 0.3) is 0 Å². The van der Waals surface area contributed by atoms with Crippen molar-refractivity contribution in [2.45, 2.75) is 76.2 Å².